The normalized spacial score (nSPS) is 17.5. The van der Waals surface area contributed by atoms with Crippen LogP contribution < -0.4 is 5.32 Å². The number of hydrogen-bond acceptors (Lipinski definition) is 3. The molecule has 6 nitrogen and oxygen atoms in total. The topological polar surface area (TPSA) is 54.2 Å². The number of pyridine rings is 1. The summed E-state index contributed by atoms with van der Waals surface area (Å²) in [6.07, 6.45) is 5.08. The highest BCUT2D eigenvalue weighted by atomic mass is 16.5. The van der Waals surface area contributed by atoms with Crippen LogP contribution in [0.1, 0.15) is 34.1 Å². The number of morpholine rings is 1. The number of rotatable bonds is 4. The van der Waals surface area contributed by atoms with Gasteiger partial charge >= 0.3 is 0 Å². The van der Waals surface area contributed by atoms with E-state index in [1.807, 2.05) is 13.2 Å². The SMILES string of the molecule is CN=C(NCCc1cn2cccc(C)c2n1)N1CCOC(c2ccc(C)cc2C)C1. The number of imidazole rings is 1. The van der Waals surface area contributed by atoms with Gasteiger partial charge in [-0.1, -0.05) is 29.8 Å². The molecular weight excluding hydrogens is 374 g/mol. The van der Waals surface area contributed by atoms with Crippen molar-refractivity contribution in [2.75, 3.05) is 33.3 Å². The Morgan fingerprint density at radius 2 is 2.10 bits per heavy atom. The van der Waals surface area contributed by atoms with E-state index in [9.17, 15) is 0 Å². The third-order valence-corrected chi connectivity index (χ3v) is 5.74. The Morgan fingerprint density at radius 3 is 2.87 bits per heavy atom. The van der Waals surface area contributed by atoms with E-state index < -0.39 is 0 Å². The first-order valence-electron chi connectivity index (χ1n) is 10.6. The van der Waals surface area contributed by atoms with Crippen LogP contribution in [0.15, 0.2) is 47.7 Å². The molecule has 4 rings (SSSR count). The first-order valence-corrected chi connectivity index (χ1v) is 10.6. The number of fused-ring (bicyclic) bond motifs is 1. The molecule has 1 aromatic carbocycles. The second-order valence-electron chi connectivity index (χ2n) is 8.04. The Kier molecular flexibility index (Phi) is 6.04. The maximum absolute atomic E-state index is 6.09. The summed E-state index contributed by atoms with van der Waals surface area (Å²) in [5.74, 6) is 0.924. The van der Waals surface area contributed by atoms with Gasteiger partial charge in [-0.25, -0.2) is 4.98 Å². The first kappa shape index (κ1) is 20.4. The van der Waals surface area contributed by atoms with Crippen LogP contribution in [0.2, 0.25) is 0 Å². The lowest BCUT2D eigenvalue weighted by atomic mass is 10.00. The predicted octanol–water partition coefficient (Wildman–Crippen LogP) is 3.45. The maximum atomic E-state index is 6.09. The smallest absolute Gasteiger partial charge is 0.193 e. The number of aliphatic imine (C=N–C) groups is 1. The lowest BCUT2D eigenvalue weighted by Gasteiger charge is -2.35. The van der Waals surface area contributed by atoms with Crippen LogP contribution in [0.25, 0.3) is 5.65 Å². The van der Waals surface area contributed by atoms with Gasteiger partial charge in [0, 0.05) is 39.0 Å². The van der Waals surface area contributed by atoms with E-state index in [1.165, 1.54) is 22.3 Å². The molecule has 1 aliphatic heterocycles. The fraction of sp³-hybridized carbons (Fsp3) is 0.417. The number of guanidine groups is 1. The van der Waals surface area contributed by atoms with Gasteiger partial charge in [-0.05, 0) is 43.5 Å². The Balaban J connectivity index is 1.37. The standard InChI is InChI=1S/C24H31N5O/c1-17-7-8-21(19(3)14-17)22-16-29(12-13-30-22)24(25-4)26-10-9-20-15-28-11-5-6-18(2)23(28)27-20/h5-8,11,14-15,22H,9-10,12-13,16H2,1-4H3,(H,25,26). The van der Waals surface area contributed by atoms with Crippen molar-refractivity contribution >= 4 is 11.6 Å². The molecule has 158 valence electrons. The molecule has 1 atom stereocenters. The van der Waals surface area contributed by atoms with Gasteiger partial charge in [0.1, 0.15) is 11.8 Å². The van der Waals surface area contributed by atoms with Crippen molar-refractivity contribution in [3.05, 3.63) is 70.7 Å². The summed E-state index contributed by atoms with van der Waals surface area (Å²) in [5.41, 5.74) is 7.14. The maximum Gasteiger partial charge on any atom is 0.193 e. The van der Waals surface area contributed by atoms with E-state index in [1.54, 1.807) is 0 Å². The van der Waals surface area contributed by atoms with E-state index in [0.29, 0.717) is 6.61 Å². The number of aryl methyl sites for hydroxylation is 3. The van der Waals surface area contributed by atoms with Gasteiger partial charge in [0.25, 0.3) is 0 Å². The minimum atomic E-state index is 0.0688. The zero-order chi connectivity index (χ0) is 21.1. The van der Waals surface area contributed by atoms with Gasteiger partial charge in [-0.3, -0.25) is 4.99 Å². The summed E-state index contributed by atoms with van der Waals surface area (Å²) in [6, 6.07) is 10.7. The van der Waals surface area contributed by atoms with Crippen LogP contribution in [-0.2, 0) is 11.2 Å². The third-order valence-electron chi connectivity index (χ3n) is 5.74. The lowest BCUT2D eigenvalue weighted by molar-refractivity contribution is -0.00830. The Morgan fingerprint density at radius 1 is 1.23 bits per heavy atom. The van der Waals surface area contributed by atoms with Crippen LogP contribution in [0, 0.1) is 20.8 Å². The molecule has 0 saturated carbocycles. The minimum absolute atomic E-state index is 0.0688. The second-order valence-corrected chi connectivity index (χ2v) is 8.04. The van der Waals surface area contributed by atoms with E-state index in [0.717, 1.165) is 43.4 Å². The molecule has 0 radical (unpaired) electrons. The highest BCUT2D eigenvalue weighted by molar-refractivity contribution is 5.80. The fourth-order valence-electron chi connectivity index (χ4n) is 4.18. The summed E-state index contributed by atoms with van der Waals surface area (Å²) in [5, 5.41) is 3.51. The zero-order valence-electron chi connectivity index (χ0n) is 18.4. The number of nitrogens with zero attached hydrogens (tertiary/aromatic N) is 4. The van der Waals surface area contributed by atoms with Crippen LogP contribution in [0.5, 0.6) is 0 Å². The van der Waals surface area contributed by atoms with Crippen molar-refractivity contribution in [3.8, 4) is 0 Å². The molecule has 1 saturated heterocycles. The molecule has 30 heavy (non-hydrogen) atoms. The van der Waals surface area contributed by atoms with Crippen molar-refractivity contribution in [1.29, 1.82) is 0 Å². The molecule has 0 spiro atoms. The van der Waals surface area contributed by atoms with E-state index >= 15 is 0 Å². The van der Waals surface area contributed by atoms with Gasteiger partial charge in [-0.15, -0.1) is 0 Å². The molecule has 1 N–H and O–H groups in total. The lowest BCUT2D eigenvalue weighted by Crippen LogP contribution is -2.48. The summed E-state index contributed by atoms with van der Waals surface area (Å²) in [4.78, 5) is 11.6. The van der Waals surface area contributed by atoms with Gasteiger partial charge in [0.2, 0.25) is 0 Å². The predicted molar refractivity (Wildman–Crippen MR) is 121 cm³/mol. The van der Waals surface area contributed by atoms with Crippen molar-refractivity contribution in [3.63, 3.8) is 0 Å². The highest BCUT2D eigenvalue weighted by Gasteiger charge is 2.25. The van der Waals surface area contributed by atoms with E-state index in [4.69, 9.17) is 9.72 Å². The van der Waals surface area contributed by atoms with Gasteiger partial charge in [-0.2, -0.15) is 0 Å². The average Bonchev–Trinajstić information content (AvgIpc) is 3.16. The van der Waals surface area contributed by atoms with E-state index in [2.05, 4.69) is 76.9 Å². The van der Waals surface area contributed by atoms with Crippen LogP contribution in [0.3, 0.4) is 0 Å². The average molecular weight is 406 g/mol. The molecule has 1 fully saturated rings. The van der Waals surface area contributed by atoms with Crippen molar-refractivity contribution in [2.45, 2.75) is 33.3 Å². The molecule has 3 aromatic rings. The summed E-state index contributed by atoms with van der Waals surface area (Å²) in [6.45, 7) is 9.52. The second kappa shape index (κ2) is 8.88. The molecule has 0 aliphatic carbocycles. The van der Waals surface area contributed by atoms with Crippen LogP contribution in [-0.4, -0.2) is 53.5 Å². The molecule has 0 amide bonds. The summed E-state index contributed by atoms with van der Waals surface area (Å²) >= 11 is 0. The molecular formula is C24H31N5O. The number of aromatic nitrogens is 2. The molecule has 2 aromatic heterocycles. The minimum Gasteiger partial charge on any atom is -0.370 e. The Hall–Kier alpha value is -2.86. The van der Waals surface area contributed by atoms with Crippen LogP contribution >= 0.6 is 0 Å². The quantitative estimate of drug-likeness (QED) is 0.534. The molecule has 6 heteroatoms. The number of benzene rings is 1. The fourth-order valence-corrected chi connectivity index (χ4v) is 4.18. The van der Waals surface area contributed by atoms with Gasteiger partial charge in [0.15, 0.2) is 5.96 Å². The van der Waals surface area contributed by atoms with Crippen LogP contribution in [0.4, 0.5) is 0 Å². The monoisotopic (exact) mass is 405 g/mol. The largest absolute Gasteiger partial charge is 0.370 e. The van der Waals surface area contributed by atoms with Crippen molar-refractivity contribution < 1.29 is 4.74 Å². The van der Waals surface area contributed by atoms with Crippen molar-refractivity contribution in [1.82, 2.24) is 19.6 Å². The third kappa shape index (κ3) is 4.33. The van der Waals surface area contributed by atoms with Crippen molar-refractivity contribution in [2.24, 2.45) is 4.99 Å². The molecule has 0 bridgehead atoms. The highest BCUT2D eigenvalue weighted by Crippen LogP contribution is 2.25. The van der Waals surface area contributed by atoms with E-state index in [-0.39, 0.29) is 6.10 Å². The summed E-state index contributed by atoms with van der Waals surface area (Å²) < 4.78 is 8.18. The Bertz CT molecular complexity index is 1050. The number of nitrogens with one attached hydrogen (secondary N) is 1. The Labute approximate surface area is 178 Å². The zero-order valence-corrected chi connectivity index (χ0v) is 18.4. The number of hydrogen-bond donors (Lipinski definition) is 1. The molecule has 3 heterocycles. The van der Waals surface area contributed by atoms with Gasteiger partial charge in [0.05, 0.1) is 18.8 Å². The first-order chi connectivity index (χ1) is 14.5. The molecule has 1 unspecified atom stereocenters. The summed E-state index contributed by atoms with van der Waals surface area (Å²) in [7, 11) is 1.85. The van der Waals surface area contributed by atoms with Gasteiger partial charge < -0.3 is 19.4 Å². The molecule has 1 aliphatic rings. The number of ether oxygens (including phenoxy) is 1.